The van der Waals surface area contributed by atoms with Gasteiger partial charge in [0.25, 0.3) is 5.91 Å². The van der Waals surface area contributed by atoms with Crippen LogP contribution in [0.1, 0.15) is 53.4 Å². The fourth-order valence-electron chi connectivity index (χ4n) is 3.73. The summed E-state index contributed by atoms with van der Waals surface area (Å²) in [7, 11) is 0. The topological polar surface area (TPSA) is 38.3 Å². The molecule has 4 heteroatoms. The van der Waals surface area contributed by atoms with Crippen LogP contribution >= 0.6 is 11.3 Å². The van der Waals surface area contributed by atoms with E-state index in [-0.39, 0.29) is 5.91 Å². The Morgan fingerprint density at radius 3 is 2.83 bits per heavy atom. The second-order valence-electron chi connectivity index (χ2n) is 7.13. The average Bonchev–Trinajstić information content (AvgIpc) is 3.01. The highest BCUT2D eigenvalue weighted by atomic mass is 32.1. The second-order valence-corrected chi connectivity index (χ2v) is 8.18. The van der Waals surface area contributed by atoms with Gasteiger partial charge in [-0.25, -0.2) is 0 Å². The highest BCUT2D eigenvalue weighted by Gasteiger charge is 2.25. The van der Waals surface area contributed by atoms with Crippen molar-refractivity contribution < 1.29 is 9.53 Å². The van der Waals surface area contributed by atoms with E-state index in [1.165, 1.54) is 23.3 Å². The Balaban J connectivity index is 1.56. The summed E-state index contributed by atoms with van der Waals surface area (Å²) in [5.41, 5.74) is 3.47. The average molecular weight is 341 g/mol. The standard InChI is InChI=1S/C20H23NO2S/c1-12-6-8-15(9-7-12)21-20(22)17-10-14-11-23-16-5-3-4-13(2)18(16)19(14)24-17/h3-5,10,12,15H,6-9,11H2,1-2H3,(H,21,22). The first kappa shape index (κ1) is 15.7. The van der Waals surface area contributed by atoms with Gasteiger partial charge in [0.15, 0.2) is 0 Å². The van der Waals surface area contributed by atoms with Crippen LogP contribution in [0.15, 0.2) is 24.3 Å². The zero-order chi connectivity index (χ0) is 16.7. The molecule has 0 unspecified atom stereocenters. The molecule has 1 aliphatic carbocycles. The Kier molecular flexibility index (Phi) is 4.09. The van der Waals surface area contributed by atoms with E-state index in [9.17, 15) is 4.79 Å². The molecule has 1 aromatic carbocycles. The molecule has 1 aliphatic heterocycles. The molecule has 1 fully saturated rings. The molecule has 2 aromatic rings. The van der Waals surface area contributed by atoms with Gasteiger partial charge < -0.3 is 10.1 Å². The molecule has 1 saturated carbocycles. The van der Waals surface area contributed by atoms with Crippen molar-refractivity contribution in [1.82, 2.24) is 5.32 Å². The van der Waals surface area contributed by atoms with Crippen molar-refractivity contribution >= 4 is 17.2 Å². The maximum Gasteiger partial charge on any atom is 0.261 e. The molecular weight excluding hydrogens is 318 g/mol. The molecule has 1 N–H and O–H groups in total. The Hall–Kier alpha value is -1.81. The Morgan fingerprint density at radius 2 is 2.04 bits per heavy atom. The zero-order valence-corrected chi connectivity index (χ0v) is 15.0. The summed E-state index contributed by atoms with van der Waals surface area (Å²) in [6.45, 7) is 4.95. The molecule has 0 radical (unpaired) electrons. The molecular formula is C20H23NO2S. The minimum Gasteiger partial charge on any atom is -0.488 e. The first-order chi connectivity index (χ1) is 11.6. The summed E-state index contributed by atoms with van der Waals surface area (Å²) in [6, 6.07) is 8.47. The summed E-state index contributed by atoms with van der Waals surface area (Å²) in [5.74, 6) is 1.80. The summed E-state index contributed by atoms with van der Waals surface area (Å²) in [6.07, 6.45) is 4.63. The fourth-order valence-corrected chi connectivity index (χ4v) is 4.91. The molecule has 3 nitrogen and oxygen atoms in total. The van der Waals surface area contributed by atoms with E-state index in [2.05, 4.69) is 25.2 Å². The van der Waals surface area contributed by atoms with Crippen LogP contribution in [0, 0.1) is 12.8 Å². The second kappa shape index (κ2) is 6.25. The highest BCUT2D eigenvalue weighted by Crippen LogP contribution is 2.44. The minimum absolute atomic E-state index is 0.0732. The normalized spacial score (nSPS) is 22.2. The highest BCUT2D eigenvalue weighted by molar-refractivity contribution is 7.17. The summed E-state index contributed by atoms with van der Waals surface area (Å²) < 4.78 is 5.86. The quantitative estimate of drug-likeness (QED) is 0.841. The summed E-state index contributed by atoms with van der Waals surface area (Å²) in [4.78, 5) is 14.7. The maximum atomic E-state index is 12.7. The maximum absolute atomic E-state index is 12.7. The number of carbonyl (C=O) groups excluding carboxylic acids is 1. The van der Waals surface area contributed by atoms with Crippen LogP contribution < -0.4 is 10.1 Å². The van der Waals surface area contributed by atoms with Crippen molar-refractivity contribution in [3.8, 4) is 16.2 Å². The van der Waals surface area contributed by atoms with Gasteiger partial charge in [0.1, 0.15) is 12.4 Å². The van der Waals surface area contributed by atoms with Crippen LogP contribution in [-0.4, -0.2) is 11.9 Å². The lowest BCUT2D eigenvalue weighted by molar-refractivity contribution is 0.0927. The number of amides is 1. The number of hydrogen-bond donors (Lipinski definition) is 1. The van der Waals surface area contributed by atoms with E-state index in [0.29, 0.717) is 12.6 Å². The Bertz CT molecular complexity index is 772. The molecule has 4 rings (SSSR count). The third kappa shape index (κ3) is 2.84. The molecule has 24 heavy (non-hydrogen) atoms. The third-order valence-electron chi connectivity index (χ3n) is 5.23. The molecule has 0 saturated heterocycles. The van der Waals surface area contributed by atoms with Gasteiger partial charge in [0, 0.05) is 22.0 Å². The van der Waals surface area contributed by atoms with E-state index >= 15 is 0 Å². The van der Waals surface area contributed by atoms with Crippen LogP contribution in [0.3, 0.4) is 0 Å². The number of aryl methyl sites for hydroxylation is 1. The van der Waals surface area contributed by atoms with Gasteiger partial charge in [-0.2, -0.15) is 0 Å². The van der Waals surface area contributed by atoms with Crippen molar-refractivity contribution in [3.05, 3.63) is 40.3 Å². The van der Waals surface area contributed by atoms with E-state index in [1.54, 1.807) is 11.3 Å². The molecule has 126 valence electrons. The van der Waals surface area contributed by atoms with Crippen LogP contribution in [-0.2, 0) is 6.61 Å². The van der Waals surface area contributed by atoms with Crippen LogP contribution in [0.5, 0.6) is 5.75 Å². The van der Waals surface area contributed by atoms with Crippen molar-refractivity contribution in [1.29, 1.82) is 0 Å². The smallest absolute Gasteiger partial charge is 0.261 e. The molecule has 0 bridgehead atoms. The number of fused-ring (bicyclic) bond motifs is 3. The fraction of sp³-hybridized carbons (Fsp3) is 0.450. The molecule has 0 spiro atoms. The van der Waals surface area contributed by atoms with Crippen molar-refractivity contribution in [2.75, 3.05) is 0 Å². The van der Waals surface area contributed by atoms with Crippen LogP contribution in [0.4, 0.5) is 0 Å². The molecule has 1 aromatic heterocycles. The number of rotatable bonds is 2. The summed E-state index contributed by atoms with van der Waals surface area (Å²) >= 11 is 1.60. The first-order valence-electron chi connectivity index (χ1n) is 8.78. The van der Waals surface area contributed by atoms with Gasteiger partial charge >= 0.3 is 0 Å². The van der Waals surface area contributed by atoms with Gasteiger partial charge in [-0.05, 0) is 56.2 Å². The van der Waals surface area contributed by atoms with Gasteiger partial charge in [-0.1, -0.05) is 19.1 Å². The lowest BCUT2D eigenvalue weighted by Crippen LogP contribution is -2.36. The zero-order valence-electron chi connectivity index (χ0n) is 14.2. The van der Waals surface area contributed by atoms with E-state index in [0.717, 1.165) is 40.5 Å². The van der Waals surface area contributed by atoms with Crippen LogP contribution in [0.2, 0.25) is 0 Å². The van der Waals surface area contributed by atoms with Crippen molar-refractivity contribution in [2.45, 2.75) is 52.2 Å². The van der Waals surface area contributed by atoms with E-state index in [1.807, 2.05) is 18.2 Å². The third-order valence-corrected chi connectivity index (χ3v) is 6.42. The van der Waals surface area contributed by atoms with E-state index < -0.39 is 0 Å². The predicted molar refractivity (Wildman–Crippen MR) is 97.7 cm³/mol. The van der Waals surface area contributed by atoms with Crippen LogP contribution in [0.25, 0.3) is 10.4 Å². The molecule has 2 aliphatic rings. The molecule has 0 atom stereocenters. The number of hydrogen-bond acceptors (Lipinski definition) is 3. The van der Waals surface area contributed by atoms with Gasteiger partial charge in [-0.15, -0.1) is 11.3 Å². The number of carbonyl (C=O) groups is 1. The summed E-state index contributed by atoms with van der Waals surface area (Å²) in [5, 5.41) is 3.23. The number of benzene rings is 1. The van der Waals surface area contributed by atoms with Gasteiger partial charge in [0.2, 0.25) is 0 Å². The number of nitrogens with one attached hydrogen (secondary N) is 1. The number of ether oxygens (including phenoxy) is 1. The minimum atomic E-state index is 0.0732. The Labute approximate surface area is 147 Å². The van der Waals surface area contributed by atoms with Crippen molar-refractivity contribution in [2.24, 2.45) is 5.92 Å². The first-order valence-corrected chi connectivity index (χ1v) is 9.60. The lowest BCUT2D eigenvalue weighted by atomic mass is 9.87. The Morgan fingerprint density at radius 1 is 1.25 bits per heavy atom. The van der Waals surface area contributed by atoms with Gasteiger partial charge in [-0.3, -0.25) is 4.79 Å². The molecule has 1 amide bonds. The lowest BCUT2D eigenvalue weighted by Gasteiger charge is -2.26. The SMILES string of the molecule is Cc1cccc2c1-c1sc(C(=O)NC3CCC(C)CC3)cc1CO2. The molecule has 2 heterocycles. The monoisotopic (exact) mass is 341 g/mol. The van der Waals surface area contributed by atoms with Gasteiger partial charge in [0.05, 0.1) is 4.88 Å². The largest absolute Gasteiger partial charge is 0.488 e. The number of thiophene rings is 1. The van der Waals surface area contributed by atoms with E-state index in [4.69, 9.17) is 4.74 Å². The van der Waals surface area contributed by atoms with Crippen molar-refractivity contribution in [3.63, 3.8) is 0 Å². The predicted octanol–water partition coefficient (Wildman–Crippen LogP) is 4.92.